The van der Waals surface area contributed by atoms with Gasteiger partial charge in [-0.3, -0.25) is 10.2 Å². The number of nitrogens with zero attached hydrogens (tertiary/aromatic N) is 2. The first-order valence-corrected chi connectivity index (χ1v) is 8.27. The molecule has 1 fully saturated rings. The summed E-state index contributed by atoms with van der Waals surface area (Å²) >= 11 is 0. The van der Waals surface area contributed by atoms with Crippen molar-refractivity contribution < 1.29 is 18.0 Å². The van der Waals surface area contributed by atoms with Crippen LogP contribution in [0.15, 0.2) is 24.3 Å². The van der Waals surface area contributed by atoms with Crippen LogP contribution in [0.2, 0.25) is 0 Å². The minimum Gasteiger partial charge on any atom is -0.288 e. The molecule has 2 rings (SSSR count). The molecule has 0 aliphatic carbocycles. The molecule has 0 bridgehead atoms. The van der Waals surface area contributed by atoms with Crippen molar-refractivity contribution in [1.29, 1.82) is 5.26 Å². The van der Waals surface area contributed by atoms with Gasteiger partial charge < -0.3 is 0 Å². The topological polar surface area (TPSA) is 56.1 Å². The maximum absolute atomic E-state index is 13.4. The van der Waals surface area contributed by atoms with Crippen molar-refractivity contribution in [1.82, 2.24) is 10.4 Å². The standard InChI is InChI=1S/C18H22F3N3O/c1-17(2)12-24(23-16(17)25)15(18(19,20)21)9-4-3-6-13-7-5-8-14(10-13)11-22/h5,7-8,10,15H,3-4,6,9,12H2,1-2H3,(H,23,25)/t15-/m0/s1. The second-order valence-electron chi connectivity index (χ2n) is 7.07. The number of unbranched alkanes of at least 4 members (excludes halogenated alkanes) is 1. The predicted molar refractivity (Wildman–Crippen MR) is 87.2 cm³/mol. The molecule has 136 valence electrons. The average Bonchev–Trinajstić information content (AvgIpc) is 2.79. The molecular weight excluding hydrogens is 331 g/mol. The minimum atomic E-state index is -4.39. The van der Waals surface area contributed by atoms with Gasteiger partial charge in [0.15, 0.2) is 0 Å². The number of nitrogens with one attached hydrogen (secondary N) is 1. The minimum absolute atomic E-state index is 0.0419. The fourth-order valence-electron chi connectivity index (χ4n) is 2.97. The van der Waals surface area contributed by atoms with Gasteiger partial charge in [-0.05, 0) is 50.8 Å². The highest BCUT2D eigenvalue weighted by Gasteiger charge is 2.49. The fourth-order valence-corrected chi connectivity index (χ4v) is 2.97. The van der Waals surface area contributed by atoms with Gasteiger partial charge in [0, 0.05) is 6.54 Å². The Hall–Kier alpha value is -2.07. The Morgan fingerprint density at radius 2 is 2.08 bits per heavy atom. The first kappa shape index (κ1) is 19.3. The zero-order valence-electron chi connectivity index (χ0n) is 14.4. The van der Waals surface area contributed by atoms with Gasteiger partial charge in [0.25, 0.3) is 0 Å². The van der Waals surface area contributed by atoms with Crippen LogP contribution >= 0.6 is 0 Å². The molecule has 0 spiro atoms. The summed E-state index contributed by atoms with van der Waals surface area (Å²) in [4.78, 5) is 11.8. The number of carbonyl (C=O) groups excluding carboxylic acids is 1. The molecule has 1 aromatic rings. The van der Waals surface area contributed by atoms with Gasteiger partial charge >= 0.3 is 6.18 Å². The van der Waals surface area contributed by atoms with Gasteiger partial charge in [-0.2, -0.15) is 18.4 Å². The van der Waals surface area contributed by atoms with Crippen LogP contribution in [-0.4, -0.2) is 29.7 Å². The number of benzene rings is 1. The highest BCUT2D eigenvalue weighted by atomic mass is 19.4. The predicted octanol–water partition coefficient (Wildman–Crippen LogP) is 3.57. The summed E-state index contributed by atoms with van der Waals surface area (Å²) in [6.07, 6.45) is -2.87. The lowest BCUT2D eigenvalue weighted by molar-refractivity contribution is -0.190. The molecule has 4 nitrogen and oxygen atoms in total. The summed E-state index contributed by atoms with van der Waals surface area (Å²) < 4.78 is 40.1. The molecule has 0 radical (unpaired) electrons. The highest BCUT2D eigenvalue weighted by molar-refractivity contribution is 5.83. The molecule has 1 saturated heterocycles. The lowest BCUT2D eigenvalue weighted by Crippen LogP contribution is -2.49. The number of aryl methyl sites for hydroxylation is 1. The van der Waals surface area contributed by atoms with Crippen molar-refractivity contribution >= 4 is 5.91 Å². The van der Waals surface area contributed by atoms with Gasteiger partial charge in [-0.25, -0.2) is 5.01 Å². The van der Waals surface area contributed by atoms with E-state index in [2.05, 4.69) is 5.43 Å². The average molecular weight is 353 g/mol. The van der Waals surface area contributed by atoms with Gasteiger partial charge in [0.1, 0.15) is 6.04 Å². The Kier molecular flexibility index (Phi) is 5.73. The second-order valence-corrected chi connectivity index (χ2v) is 7.07. The third kappa shape index (κ3) is 4.95. The van der Waals surface area contributed by atoms with E-state index in [9.17, 15) is 18.0 Å². The summed E-state index contributed by atoms with van der Waals surface area (Å²) in [5.41, 5.74) is 3.04. The largest absolute Gasteiger partial charge is 0.405 e. The molecule has 0 aromatic heterocycles. The van der Waals surface area contributed by atoms with E-state index in [-0.39, 0.29) is 18.9 Å². The van der Waals surface area contributed by atoms with Crippen molar-refractivity contribution in [2.24, 2.45) is 5.41 Å². The lowest BCUT2D eigenvalue weighted by atomic mass is 9.94. The molecule has 25 heavy (non-hydrogen) atoms. The van der Waals surface area contributed by atoms with Gasteiger partial charge in [0.2, 0.25) is 5.91 Å². The Labute approximate surface area is 145 Å². The highest BCUT2D eigenvalue weighted by Crippen LogP contribution is 2.33. The Morgan fingerprint density at radius 1 is 1.36 bits per heavy atom. The SMILES string of the molecule is CC1(C)CN([C@@H](CCCCc2cccc(C#N)c2)C(F)(F)F)NC1=O. The first-order chi connectivity index (χ1) is 11.6. The molecule has 7 heteroatoms. The second kappa shape index (κ2) is 7.44. The third-order valence-corrected chi connectivity index (χ3v) is 4.43. The Bertz CT molecular complexity index is 664. The lowest BCUT2D eigenvalue weighted by Gasteiger charge is -2.29. The van der Waals surface area contributed by atoms with Crippen molar-refractivity contribution in [2.45, 2.75) is 51.7 Å². The number of amides is 1. The smallest absolute Gasteiger partial charge is 0.288 e. The molecule has 1 aliphatic rings. The van der Waals surface area contributed by atoms with Crippen molar-refractivity contribution in [3.05, 3.63) is 35.4 Å². The van der Waals surface area contributed by atoms with Crippen LogP contribution in [0.5, 0.6) is 0 Å². The number of hydrogen-bond donors (Lipinski definition) is 1. The van der Waals surface area contributed by atoms with Crippen LogP contribution < -0.4 is 5.43 Å². The number of nitriles is 1. The van der Waals surface area contributed by atoms with Gasteiger partial charge in [0.05, 0.1) is 17.0 Å². The molecule has 1 heterocycles. The fraction of sp³-hybridized carbons (Fsp3) is 0.556. The molecule has 1 aromatic carbocycles. The molecule has 0 saturated carbocycles. The monoisotopic (exact) mass is 353 g/mol. The van der Waals surface area contributed by atoms with Crippen LogP contribution in [0.25, 0.3) is 0 Å². The van der Waals surface area contributed by atoms with E-state index in [1.165, 1.54) is 0 Å². The zero-order chi connectivity index (χ0) is 18.7. The van der Waals surface area contributed by atoms with E-state index in [0.29, 0.717) is 24.8 Å². The molecule has 1 amide bonds. The van der Waals surface area contributed by atoms with Crippen molar-refractivity contribution in [3.8, 4) is 6.07 Å². The van der Waals surface area contributed by atoms with E-state index < -0.39 is 17.6 Å². The Balaban J connectivity index is 1.91. The zero-order valence-corrected chi connectivity index (χ0v) is 14.4. The van der Waals surface area contributed by atoms with Crippen molar-refractivity contribution in [2.75, 3.05) is 6.54 Å². The third-order valence-electron chi connectivity index (χ3n) is 4.43. The maximum Gasteiger partial charge on any atom is 0.405 e. The summed E-state index contributed by atoms with van der Waals surface area (Å²) in [5.74, 6) is -0.380. The van der Waals surface area contributed by atoms with E-state index in [1.54, 1.807) is 32.0 Å². The number of rotatable bonds is 6. The van der Waals surface area contributed by atoms with Crippen LogP contribution in [0.3, 0.4) is 0 Å². The number of halogens is 3. The van der Waals surface area contributed by atoms with E-state index >= 15 is 0 Å². The van der Waals surface area contributed by atoms with Crippen LogP contribution in [0.4, 0.5) is 13.2 Å². The summed E-state index contributed by atoms with van der Waals surface area (Å²) in [6, 6.07) is 7.46. The molecule has 1 aliphatic heterocycles. The quantitative estimate of drug-likeness (QED) is 0.796. The molecule has 1 N–H and O–H groups in total. The molecule has 1 atom stereocenters. The Morgan fingerprint density at radius 3 is 2.64 bits per heavy atom. The van der Waals surface area contributed by atoms with Gasteiger partial charge in [-0.1, -0.05) is 18.6 Å². The molecule has 0 unspecified atom stereocenters. The van der Waals surface area contributed by atoms with Crippen LogP contribution in [0.1, 0.15) is 44.2 Å². The van der Waals surface area contributed by atoms with Crippen molar-refractivity contribution in [3.63, 3.8) is 0 Å². The summed E-state index contributed by atoms with van der Waals surface area (Å²) in [5, 5.41) is 9.89. The normalized spacial score (nSPS) is 18.6. The summed E-state index contributed by atoms with van der Waals surface area (Å²) in [7, 11) is 0. The van der Waals surface area contributed by atoms with E-state index in [1.807, 2.05) is 12.1 Å². The molecular formula is C18H22F3N3O. The number of hydrogen-bond acceptors (Lipinski definition) is 3. The number of carbonyl (C=O) groups is 1. The number of hydrazine groups is 1. The van der Waals surface area contributed by atoms with E-state index in [0.717, 1.165) is 10.6 Å². The number of alkyl halides is 3. The van der Waals surface area contributed by atoms with E-state index in [4.69, 9.17) is 5.26 Å². The van der Waals surface area contributed by atoms with Crippen LogP contribution in [0, 0.1) is 16.7 Å². The first-order valence-electron chi connectivity index (χ1n) is 8.27. The summed E-state index contributed by atoms with van der Waals surface area (Å²) in [6.45, 7) is 3.32. The van der Waals surface area contributed by atoms with Gasteiger partial charge in [-0.15, -0.1) is 0 Å². The van der Waals surface area contributed by atoms with Crippen LogP contribution in [-0.2, 0) is 11.2 Å². The maximum atomic E-state index is 13.4.